The molecule has 0 aliphatic carbocycles. The Morgan fingerprint density at radius 3 is 2.41 bits per heavy atom. The Kier molecular flexibility index (Phi) is 9.50. The predicted octanol–water partition coefficient (Wildman–Crippen LogP) is 2.65. The predicted molar refractivity (Wildman–Crippen MR) is 91.5 cm³/mol. The Labute approximate surface area is 140 Å². The van der Waals surface area contributed by atoms with Crippen molar-refractivity contribution in [3.05, 3.63) is 29.3 Å². The number of benzene rings is 1. The number of hydrogen-bond donors (Lipinski definition) is 3. The van der Waals surface area contributed by atoms with Crippen molar-refractivity contribution in [3.8, 4) is 0 Å². The normalized spacial score (nSPS) is 10.1. The molecule has 0 fully saturated rings. The first-order valence-corrected chi connectivity index (χ1v) is 8.65. The smallest absolute Gasteiger partial charge is 0.314 e. The summed E-state index contributed by atoms with van der Waals surface area (Å²) in [5.41, 5.74) is 0. The first-order valence-electron chi connectivity index (χ1n) is 7.28. The van der Waals surface area contributed by atoms with Gasteiger partial charge >= 0.3 is 6.03 Å². The van der Waals surface area contributed by atoms with Crippen LogP contribution in [0.5, 0.6) is 0 Å². The number of hydrogen-bond acceptors (Lipinski definition) is 3. The molecule has 0 aliphatic rings. The van der Waals surface area contributed by atoms with Gasteiger partial charge in [0.15, 0.2) is 0 Å². The molecule has 0 saturated carbocycles. The molecule has 0 bridgehead atoms. The molecule has 5 nitrogen and oxygen atoms in total. The van der Waals surface area contributed by atoms with Crippen molar-refractivity contribution >= 4 is 35.3 Å². The zero-order valence-corrected chi connectivity index (χ0v) is 14.2. The molecule has 0 spiro atoms. The summed E-state index contributed by atoms with van der Waals surface area (Å²) in [6, 6.07) is 7.32. The molecular weight excluding hydrogens is 322 g/mol. The number of amides is 3. The van der Waals surface area contributed by atoms with E-state index in [0.717, 1.165) is 17.1 Å². The van der Waals surface area contributed by atoms with Gasteiger partial charge in [0.25, 0.3) is 0 Å². The van der Waals surface area contributed by atoms with E-state index in [0.29, 0.717) is 31.1 Å². The Morgan fingerprint density at radius 2 is 1.73 bits per heavy atom. The maximum absolute atomic E-state index is 11.5. The lowest BCUT2D eigenvalue weighted by atomic mass is 10.4. The van der Waals surface area contributed by atoms with E-state index in [9.17, 15) is 9.59 Å². The molecule has 122 valence electrons. The SMILES string of the molecule is CCCNC(=O)CCNC(=O)NCCSc1ccc(Cl)cc1. The largest absolute Gasteiger partial charge is 0.356 e. The fraction of sp³-hybridized carbons (Fsp3) is 0.467. The quantitative estimate of drug-likeness (QED) is 0.477. The highest BCUT2D eigenvalue weighted by atomic mass is 35.5. The summed E-state index contributed by atoms with van der Waals surface area (Å²) in [5, 5.41) is 8.88. The molecular formula is C15H22ClN3O2S. The summed E-state index contributed by atoms with van der Waals surface area (Å²) in [5.74, 6) is 0.729. The van der Waals surface area contributed by atoms with Crippen LogP contribution >= 0.6 is 23.4 Å². The molecule has 3 N–H and O–H groups in total. The first-order chi connectivity index (χ1) is 10.6. The van der Waals surface area contributed by atoms with E-state index in [-0.39, 0.29) is 11.9 Å². The summed E-state index contributed by atoms with van der Waals surface area (Å²) >= 11 is 7.45. The summed E-state index contributed by atoms with van der Waals surface area (Å²) in [6.45, 7) is 3.56. The van der Waals surface area contributed by atoms with Crippen molar-refractivity contribution < 1.29 is 9.59 Å². The minimum absolute atomic E-state index is 0.0413. The number of urea groups is 1. The molecule has 1 rings (SSSR count). The Bertz CT molecular complexity index is 468. The van der Waals surface area contributed by atoms with Crippen molar-refractivity contribution in [1.29, 1.82) is 0 Å². The first kappa shape index (κ1) is 18.6. The van der Waals surface area contributed by atoms with Crippen LogP contribution in [-0.4, -0.2) is 37.3 Å². The molecule has 3 amide bonds. The van der Waals surface area contributed by atoms with Gasteiger partial charge in [0.05, 0.1) is 0 Å². The standard InChI is InChI=1S/C15H22ClN3O2S/c1-2-8-17-14(20)7-9-18-15(21)19-10-11-22-13-5-3-12(16)4-6-13/h3-6H,2,7-11H2,1H3,(H,17,20)(H2,18,19,21). The Balaban J connectivity index is 2.03. The summed E-state index contributed by atoms with van der Waals surface area (Å²) in [4.78, 5) is 24.0. The van der Waals surface area contributed by atoms with E-state index < -0.39 is 0 Å². The number of nitrogens with one attached hydrogen (secondary N) is 3. The van der Waals surface area contributed by atoms with Crippen LogP contribution in [0.4, 0.5) is 4.79 Å². The van der Waals surface area contributed by atoms with Gasteiger partial charge in [-0.25, -0.2) is 4.79 Å². The van der Waals surface area contributed by atoms with Gasteiger partial charge in [-0.3, -0.25) is 4.79 Å². The van der Waals surface area contributed by atoms with Crippen molar-refractivity contribution in [3.63, 3.8) is 0 Å². The van der Waals surface area contributed by atoms with Gasteiger partial charge < -0.3 is 16.0 Å². The molecule has 1 aromatic carbocycles. The van der Waals surface area contributed by atoms with Crippen LogP contribution in [0.3, 0.4) is 0 Å². The summed E-state index contributed by atoms with van der Waals surface area (Å²) < 4.78 is 0. The van der Waals surface area contributed by atoms with Crippen molar-refractivity contribution in [2.24, 2.45) is 0 Å². The second kappa shape index (κ2) is 11.2. The molecule has 22 heavy (non-hydrogen) atoms. The Morgan fingerprint density at radius 1 is 1.05 bits per heavy atom. The highest BCUT2D eigenvalue weighted by molar-refractivity contribution is 7.99. The number of carbonyl (C=O) groups excluding carboxylic acids is 2. The highest BCUT2D eigenvalue weighted by Gasteiger charge is 2.03. The maximum atomic E-state index is 11.5. The lowest BCUT2D eigenvalue weighted by Crippen LogP contribution is -2.38. The average molecular weight is 344 g/mol. The number of carbonyl (C=O) groups is 2. The summed E-state index contributed by atoms with van der Waals surface area (Å²) in [7, 11) is 0. The minimum atomic E-state index is -0.250. The van der Waals surface area contributed by atoms with Gasteiger partial charge in [-0.05, 0) is 30.7 Å². The fourth-order valence-corrected chi connectivity index (χ4v) is 2.46. The molecule has 0 atom stereocenters. The molecule has 0 radical (unpaired) electrons. The van der Waals surface area contributed by atoms with Crippen LogP contribution in [0.2, 0.25) is 5.02 Å². The van der Waals surface area contributed by atoms with E-state index in [2.05, 4.69) is 16.0 Å². The van der Waals surface area contributed by atoms with Crippen LogP contribution in [0.25, 0.3) is 0 Å². The zero-order valence-electron chi connectivity index (χ0n) is 12.7. The van der Waals surface area contributed by atoms with Gasteiger partial charge in [0.1, 0.15) is 0 Å². The van der Waals surface area contributed by atoms with Gasteiger partial charge in [-0.15, -0.1) is 11.8 Å². The topological polar surface area (TPSA) is 70.2 Å². The van der Waals surface area contributed by atoms with E-state index in [1.807, 2.05) is 31.2 Å². The lowest BCUT2D eigenvalue weighted by Gasteiger charge is -2.08. The molecule has 0 unspecified atom stereocenters. The van der Waals surface area contributed by atoms with Crippen molar-refractivity contribution in [1.82, 2.24) is 16.0 Å². The molecule has 0 aromatic heterocycles. The van der Waals surface area contributed by atoms with E-state index in [4.69, 9.17) is 11.6 Å². The monoisotopic (exact) mass is 343 g/mol. The number of rotatable bonds is 9. The zero-order chi connectivity index (χ0) is 16.2. The third kappa shape index (κ3) is 8.79. The highest BCUT2D eigenvalue weighted by Crippen LogP contribution is 2.19. The van der Waals surface area contributed by atoms with Crippen LogP contribution in [0, 0.1) is 0 Å². The minimum Gasteiger partial charge on any atom is -0.356 e. The van der Waals surface area contributed by atoms with Crippen molar-refractivity contribution in [2.75, 3.05) is 25.4 Å². The molecule has 0 saturated heterocycles. The van der Waals surface area contributed by atoms with E-state index >= 15 is 0 Å². The van der Waals surface area contributed by atoms with Gasteiger partial charge in [-0.2, -0.15) is 0 Å². The van der Waals surface area contributed by atoms with E-state index in [1.165, 1.54) is 0 Å². The molecule has 0 heterocycles. The van der Waals surface area contributed by atoms with Crippen molar-refractivity contribution in [2.45, 2.75) is 24.7 Å². The maximum Gasteiger partial charge on any atom is 0.314 e. The van der Waals surface area contributed by atoms with Gasteiger partial charge in [-0.1, -0.05) is 18.5 Å². The molecule has 1 aromatic rings. The van der Waals surface area contributed by atoms with Crippen LogP contribution < -0.4 is 16.0 Å². The number of halogens is 1. The molecule has 0 aliphatic heterocycles. The van der Waals surface area contributed by atoms with Crippen LogP contribution in [0.1, 0.15) is 19.8 Å². The average Bonchev–Trinajstić information content (AvgIpc) is 2.51. The lowest BCUT2D eigenvalue weighted by molar-refractivity contribution is -0.120. The Hall–Kier alpha value is -1.40. The van der Waals surface area contributed by atoms with Crippen LogP contribution in [0.15, 0.2) is 29.2 Å². The fourth-order valence-electron chi connectivity index (χ4n) is 1.57. The van der Waals surface area contributed by atoms with E-state index in [1.54, 1.807) is 11.8 Å². The second-order valence-electron chi connectivity index (χ2n) is 4.59. The molecule has 7 heteroatoms. The van der Waals surface area contributed by atoms with Gasteiger partial charge in [0, 0.05) is 41.7 Å². The third-order valence-electron chi connectivity index (χ3n) is 2.68. The van der Waals surface area contributed by atoms with Crippen LogP contribution in [-0.2, 0) is 4.79 Å². The third-order valence-corrected chi connectivity index (χ3v) is 3.95. The number of thioether (sulfide) groups is 1. The summed E-state index contributed by atoms with van der Waals surface area (Å²) in [6.07, 6.45) is 1.21. The second-order valence-corrected chi connectivity index (χ2v) is 6.19. The van der Waals surface area contributed by atoms with Gasteiger partial charge in [0.2, 0.25) is 5.91 Å².